The maximum absolute atomic E-state index is 12.3. The maximum atomic E-state index is 12.3. The van der Waals surface area contributed by atoms with E-state index in [-0.39, 0.29) is 0 Å². The second kappa shape index (κ2) is 5.05. The molecule has 0 aliphatic carbocycles. The number of nitrogens with one attached hydrogen (secondary N) is 1. The molecule has 0 amide bonds. The number of hydrogen-bond donors (Lipinski definition) is 1. The summed E-state index contributed by atoms with van der Waals surface area (Å²) in [5.41, 5.74) is 0.615. The van der Waals surface area contributed by atoms with Gasteiger partial charge in [0.25, 0.3) is 0 Å². The Morgan fingerprint density at radius 3 is 2.65 bits per heavy atom. The smallest absolute Gasteiger partial charge is 0.314 e. The Hall–Kier alpha value is -1.08. The van der Waals surface area contributed by atoms with Crippen molar-refractivity contribution in [2.24, 2.45) is 0 Å². The Bertz CT molecular complexity index is 355. The van der Waals surface area contributed by atoms with Gasteiger partial charge in [-0.25, -0.2) is 0 Å². The van der Waals surface area contributed by atoms with Crippen LogP contribution >= 0.6 is 0 Å². The first-order valence-corrected chi connectivity index (χ1v) is 5.55. The molecule has 1 N–H and O–H groups in total. The first kappa shape index (κ1) is 12.4. The van der Waals surface area contributed by atoms with Crippen LogP contribution < -0.4 is 5.32 Å². The summed E-state index contributed by atoms with van der Waals surface area (Å²) < 4.78 is 37.9. The van der Waals surface area contributed by atoms with Crippen LogP contribution in [0.2, 0.25) is 0 Å². The highest BCUT2D eigenvalue weighted by molar-refractivity contribution is 5.01. The molecule has 0 spiro atoms. The molecule has 7 heteroatoms. The van der Waals surface area contributed by atoms with E-state index in [0.717, 1.165) is 30.9 Å². The van der Waals surface area contributed by atoms with E-state index in [4.69, 9.17) is 0 Å². The summed E-state index contributed by atoms with van der Waals surface area (Å²) in [6, 6.07) is 1.65. The van der Waals surface area contributed by atoms with Crippen LogP contribution in [-0.2, 0) is 13.1 Å². The highest BCUT2D eigenvalue weighted by Crippen LogP contribution is 2.18. The lowest BCUT2D eigenvalue weighted by Gasteiger charge is -2.27. The van der Waals surface area contributed by atoms with Crippen molar-refractivity contribution < 1.29 is 13.2 Å². The number of rotatable bonds is 3. The third-order valence-corrected chi connectivity index (χ3v) is 2.73. The van der Waals surface area contributed by atoms with Crippen molar-refractivity contribution in [3.05, 3.63) is 18.0 Å². The second-order valence-electron chi connectivity index (χ2n) is 4.12. The molecular weight excluding hydrogens is 233 g/mol. The molecule has 0 aromatic carbocycles. The minimum absolute atomic E-state index is 0.526. The van der Waals surface area contributed by atoms with Gasteiger partial charge in [-0.3, -0.25) is 9.58 Å². The molecular formula is C10H15F3N4. The molecule has 1 aromatic rings. The normalized spacial score (nSPS) is 18.5. The highest BCUT2D eigenvalue weighted by Gasteiger charge is 2.29. The van der Waals surface area contributed by atoms with Crippen molar-refractivity contribution in [2.75, 3.05) is 26.2 Å². The average Bonchev–Trinajstić information content (AvgIpc) is 2.65. The van der Waals surface area contributed by atoms with E-state index in [1.165, 1.54) is 6.20 Å². The standard InChI is InChI=1S/C10H15F3N4/c11-10(12,13)8-17-9(1-2-15-17)7-16-5-3-14-4-6-16/h1-2,14H,3-8H2. The zero-order chi connectivity index (χ0) is 12.3. The van der Waals surface area contributed by atoms with Crippen molar-refractivity contribution in [2.45, 2.75) is 19.3 Å². The number of aromatic nitrogens is 2. The van der Waals surface area contributed by atoms with Crippen LogP contribution in [0.4, 0.5) is 13.2 Å². The fraction of sp³-hybridized carbons (Fsp3) is 0.700. The van der Waals surface area contributed by atoms with Crippen molar-refractivity contribution in [1.82, 2.24) is 20.0 Å². The van der Waals surface area contributed by atoms with Crippen molar-refractivity contribution in [1.29, 1.82) is 0 Å². The van der Waals surface area contributed by atoms with Gasteiger partial charge < -0.3 is 5.32 Å². The summed E-state index contributed by atoms with van der Waals surface area (Å²) in [5, 5.41) is 6.92. The fourth-order valence-electron chi connectivity index (χ4n) is 1.90. The first-order valence-electron chi connectivity index (χ1n) is 5.55. The Labute approximate surface area is 97.4 Å². The lowest BCUT2D eigenvalue weighted by Crippen LogP contribution is -2.43. The topological polar surface area (TPSA) is 33.1 Å². The monoisotopic (exact) mass is 248 g/mol. The lowest BCUT2D eigenvalue weighted by atomic mass is 10.3. The van der Waals surface area contributed by atoms with E-state index < -0.39 is 12.7 Å². The molecule has 1 fully saturated rings. The minimum atomic E-state index is -4.22. The van der Waals surface area contributed by atoms with Gasteiger partial charge in [-0.05, 0) is 6.07 Å². The highest BCUT2D eigenvalue weighted by atomic mass is 19.4. The van der Waals surface area contributed by atoms with Gasteiger partial charge in [0.05, 0.1) is 5.69 Å². The van der Waals surface area contributed by atoms with E-state index in [2.05, 4.69) is 15.3 Å². The Kier molecular flexibility index (Phi) is 3.68. The molecule has 0 radical (unpaired) electrons. The van der Waals surface area contributed by atoms with E-state index in [0.29, 0.717) is 12.2 Å². The third-order valence-electron chi connectivity index (χ3n) is 2.73. The van der Waals surface area contributed by atoms with Crippen LogP contribution in [0.1, 0.15) is 5.69 Å². The molecule has 96 valence electrons. The van der Waals surface area contributed by atoms with Crippen LogP contribution in [0.15, 0.2) is 12.3 Å². The van der Waals surface area contributed by atoms with Gasteiger partial charge >= 0.3 is 6.18 Å². The summed E-state index contributed by atoms with van der Waals surface area (Å²) in [7, 11) is 0. The van der Waals surface area contributed by atoms with Crippen molar-refractivity contribution in [3.63, 3.8) is 0 Å². The van der Waals surface area contributed by atoms with Crippen molar-refractivity contribution in [3.8, 4) is 0 Å². The molecule has 17 heavy (non-hydrogen) atoms. The molecule has 1 aliphatic rings. The van der Waals surface area contributed by atoms with E-state index in [1.807, 2.05) is 0 Å². The second-order valence-corrected chi connectivity index (χ2v) is 4.12. The summed E-state index contributed by atoms with van der Waals surface area (Å²) in [5.74, 6) is 0. The van der Waals surface area contributed by atoms with Gasteiger partial charge in [0, 0.05) is 38.9 Å². The Balaban J connectivity index is 1.98. The molecule has 4 nitrogen and oxygen atoms in total. The molecule has 0 bridgehead atoms. The van der Waals surface area contributed by atoms with Gasteiger partial charge in [-0.15, -0.1) is 0 Å². The van der Waals surface area contributed by atoms with Crippen LogP contribution in [0.5, 0.6) is 0 Å². The van der Waals surface area contributed by atoms with Crippen molar-refractivity contribution >= 4 is 0 Å². The lowest BCUT2D eigenvalue weighted by molar-refractivity contribution is -0.143. The molecule has 1 aromatic heterocycles. The largest absolute Gasteiger partial charge is 0.408 e. The zero-order valence-corrected chi connectivity index (χ0v) is 9.37. The van der Waals surface area contributed by atoms with Gasteiger partial charge in [-0.1, -0.05) is 0 Å². The molecule has 2 heterocycles. The number of piperazine rings is 1. The summed E-state index contributed by atoms with van der Waals surface area (Å²) in [6.07, 6.45) is -2.80. The molecule has 0 atom stereocenters. The Morgan fingerprint density at radius 2 is 2.00 bits per heavy atom. The molecule has 1 saturated heterocycles. The number of halogens is 3. The molecule has 1 aliphatic heterocycles. The van der Waals surface area contributed by atoms with Crippen LogP contribution in [0.25, 0.3) is 0 Å². The maximum Gasteiger partial charge on any atom is 0.408 e. The minimum Gasteiger partial charge on any atom is -0.314 e. The Morgan fingerprint density at radius 1 is 1.29 bits per heavy atom. The predicted octanol–water partition coefficient (Wildman–Crippen LogP) is 0.851. The summed E-state index contributed by atoms with van der Waals surface area (Å²) in [6.45, 7) is 2.99. The van der Waals surface area contributed by atoms with Crippen LogP contribution in [-0.4, -0.2) is 47.0 Å². The summed E-state index contributed by atoms with van der Waals surface area (Å²) >= 11 is 0. The summed E-state index contributed by atoms with van der Waals surface area (Å²) in [4.78, 5) is 2.13. The van der Waals surface area contributed by atoms with Gasteiger partial charge in [0.1, 0.15) is 6.54 Å². The molecule has 2 rings (SSSR count). The van der Waals surface area contributed by atoms with E-state index in [1.54, 1.807) is 6.07 Å². The van der Waals surface area contributed by atoms with E-state index >= 15 is 0 Å². The van der Waals surface area contributed by atoms with E-state index in [9.17, 15) is 13.2 Å². The third kappa shape index (κ3) is 3.71. The van der Waals surface area contributed by atoms with Crippen LogP contribution in [0.3, 0.4) is 0 Å². The number of nitrogens with zero attached hydrogens (tertiary/aromatic N) is 3. The molecule has 0 unspecified atom stereocenters. The first-order chi connectivity index (χ1) is 8.04. The SMILES string of the molecule is FC(F)(F)Cn1nccc1CN1CCNCC1. The number of hydrogen-bond acceptors (Lipinski definition) is 3. The zero-order valence-electron chi connectivity index (χ0n) is 9.37. The molecule has 0 saturated carbocycles. The van der Waals surface area contributed by atoms with Gasteiger partial charge in [-0.2, -0.15) is 18.3 Å². The fourth-order valence-corrected chi connectivity index (χ4v) is 1.90. The van der Waals surface area contributed by atoms with Gasteiger partial charge in [0.2, 0.25) is 0 Å². The van der Waals surface area contributed by atoms with Crippen LogP contribution in [0, 0.1) is 0 Å². The predicted molar refractivity (Wildman–Crippen MR) is 56.4 cm³/mol. The quantitative estimate of drug-likeness (QED) is 0.861. The average molecular weight is 248 g/mol. The van der Waals surface area contributed by atoms with Gasteiger partial charge in [0.15, 0.2) is 0 Å². The number of alkyl halides is 3.